The Morgan fingerprint density at radius 2 is 1.75 bits per heavy atom. The second-order valence-electron chi connectivity index (χ2n) is 7.64. The molecular weight excluding hydrogens is 428 g/mol. The fourth-order valence-corrected chi connectivity index (χ4v) is 3.50. The smallest absolute Gasteiger partial charge is 0.338 e. The van der Waals surface area contributed by atoms with E-state index in [4.69, 9.17) is 4.52 Å². The summed E-state index contributed by atoms with van der Waals surface area (Å²) >= 11 is 0. The Kier molecular flexibility index (Phi) is 5.96. The van der Waals surface area contributed by atoms with E-state index in [1.165, 1.54) is 4.90 Å². The van der Waals surface area contributed by atoms with Crippen molar-refractivity contribution in [1.29, 1.82) is 0 Å². The lowest BCUT2D eigenvalue weighted by Crippen LogP contribution is -2.48. The lowest BCUT2D eigenvalue weighted by Gasteiger charge is -2.34. The van der Waals surface area contributed by atoms with Gasteiger partial charge in [-0.05, 0) is 25.1 Å². The molecule has 0 spiro atoms. The van der Waals surface area contributed by atoms with Gasteiger partial charge in [0.15, 0.2) is 0 Å². The zero-order valence-electron chi connectivity index (χ0n) is 17.2. The molecule has 1 aliphatic heterocycles. The summed E-state index contributed by atoms with van der Waals surface area (Å²) in [5.41, 5.74) is 0.341. The number of alkyl halides is 3. The zero-order chi connectivity index (χ0) is 22.9. The molecule has 1 aromatic heterocycles. The molecule has 1 saturated heterocycles. The summed E-state index contributed by atoms with van der Waals surface area (Å²) in [5.74, 6) is -1.03. The second kappa shape index (κ2) is 8.70. The van der Waals surface area contributed by atoms with Crippen molar-refractivity contribution >= 4 is 5.91 Å². The van der Waals surface area contributed by atoms with E-state index in [0.717, 1.165) is 17.2 Å². The number of aryl methyl sites for hydroxylation is 1. The largest absolute Gasteiger partial charge is 0.419 e. The first-order chi connectivity index (χ1) is 15.2. The fourth-order valence-electron chi connectivity index (χ4n) is 3.50. The average molecular weight is 448 g/mol. The van der Waals surface area contributed by atoms with E-state index in [1.807, 2.05) is 36.1 Å². The number of aromatic nitrogens is 2. The molecule has 2 heterocycles. The number of piperazine rings is 1. The Morgan fingerprint density at radius 1 is 1.06 bits per heavy atom. The van der Waals surface area contributed by atoms with Crippen molar-refractivity contribution in [3.05, 3.63) is 70.9 Å². The van der Waals surface area contributed by atoms with Gasteiger partial charge in [0, 0.05) is 37.3 Å². The summed E-state index contributed by atoms with van der Waals surface area (Å²) in [6.45, 7) is 3.99. The van der Waals surface area contributed by atoms with Gasteiger partial charge in [0.25, 0.3) is 5.91 Å². The van der Waals surface area contributed by atoms with Gasteiger partial charge in [-0.2, -0.15) is 18.2 Å². The molecule has 0 bridgehead atoms. The fraction of sp³-hybridized carbons (Fsp3) is 0.318. The van der Waals surface area contributed by atoms with Crippen LogP contribution in [0.15, 0.2) is 47.0 Å². The predicted molar refractivity (Wildman–Crippen MR) is 107 cm³/mol. The number of carbonyl (C=O) groups is 1. The third kappa shape index (κ3) is 4.80. The second-order valence-corrected chi connectivity index (χ2v) is 7.64. The number of amides is 1. The molecule has 32 heavy (non-hydrogen) atoms. The molecule has 6 nitrogen and oxygen atoms in total. The van der Waals surface area contributed by atoms with E-state index < -0.39 is 23.5 Å². The maximum atomic E-state index is 13.5. The van der Waals surface area contributed by atoms with E-state index >= 15 is 0 Å². The Hall–Kier alpha value is -3.27. The molecule has 2 aromatic carbocycles. The van der Waals surface area contributed by atoms with Gasteiger partial charge in [0.1, 0.15) is 5.82 Å². The van der Waals surface area contributed by atoms with Crippen molar-refractivity contribution in [3.8, 4) is 11.4 Å². The van der Waals surface area contributed by atoms with E-state index in [0.29, 0.717) is 56.6 Å². The minimum Gasteiger partial charge on any atom is -0.338 e. The molecule has 168 valence electrons. The molecule has 3 aromatic rings. The zero-order valence-corrected chi connectivity index (χ0v) is 17.2. The van der Waals surface area contributed by atoms with Crippen LogP contribution in [0.25, 0.3) is 11.4 Å². The first kappa shape index (κ1) is 21.9. The molecule has 10 heteroatoms. The number of nitrogens with zero attached hydrogens (tertiary/aromatic N) is 4. The Bertz CT molecular complexity index is 1100. The molecule has 0 atom stereocenters. The number of halogens is 4. The summed E-state index contributed by atoms with van der Waals surface area (Å²) in [7, 11) is 0. The molecule has 1 aliphatic rings. The molecule has 0 unspecified atom stereocenters. The van der Waals surface area contributed by atoms with Gasteiger partial charge in [-0.15, -0.1) is 0 Å². The van der Waals surface area contributed by atoms with E-state index in [9.17, 15) is 22.4 Å². The van der Waals surface area contributed by atoms with Gasteiger partial charge in [-0.25, -0.2) is 4.39 Å². The SMILES string of the molecule is Cc1ccc(-c2noc(CN3CCN(C(=O)c4ccc(F)c(C(F)(F)F)c4)CC3)n2)cc1. The highest BCUT2D eigenvalue weighted by Crippen LogP contribution is 2.32. The number of hydrogen-bond donors (Lipinski definition) is 0. The quantitative estimate of drug-likeness (QED) is 0.561. The van der Waals surface area contributed by atoms with Crippen LogP contribution in [-0.4, -0.2) is 52.0 Å². The normalized spacial score (nSPS) is 15.2. The van der Waals surface area contributed by atoms with Gasteiger partial charge in [0.05, 0.1) is 12.1 Å². The van der Waals surface area contributed by atoms with Gasteiger partial charge in [-0.3, -0.25) is 9.69 Å². The highest BCUT2D eigenvalue weighted by atomic mass is 19.4. The molecule has 1 amide bonds. The van der Waals surface area contributed by atoms with Crippen LogP contribution < -0.4 is 0 Å². The number of carbonyl (C=O) groups excluding carboxylic acids is 1. The molecule has 0 N–H and O–H groups in total. The maximum Gasteiger partial charge on any atom is 0.419 e. The summed E-state index contributed by atoms with van der Waals surface area (Å²) in [4.78, 5) is 20.5. The topological polar surface area (TPSA) is 62.5 Å². The molecule has 4 rings (SSSR count). The average Bonchev–Trinajstić information content (AvgIpc) is 3.22. The van der Waals surface area contributed by atoms with Crippen LogP contribution >= 0.6 is 0 Å². The summed E-state index contributed by atoms with van der Waals surface area (Å²) in [5, 5.41) is 4.00. The standard InChI is InChI=1S/C22H20F4N4O2/c1-14-2-4-15(5-3-14)20-27-19(32-28-20)13-29-8-10-30(11-9-29)21(31)16-6-7-18(23)17(12-16)22(24,25)26/h2-7,12H,8-11,13H2,1H3. The Balaban J connectivity index is 1.36. The van der Waals surface area contributed by atoms with Crippen molar-refractivity contribution in [3.63, 3.8) is 0 Å². The highest BCUT2D eigenvalue weighted by Gasteiger charge is 2.35. The number of rotatable bonds is 4. The van der Waals surface area contributed by atoms with Crippen molar-refractivity contribution in [2.75, 3.05) is 26.2 Å². The van der Waals surface area contributed by atoms with E-state index in [1.54, 1.807) is 0 Å². The number of benzene rings is 2. The number of hydrogen-bond acceptors (Lipinski definition) is 5. The summed E-state index contributed by atoms with van der Waals surface area (Å²) in [6.07, 6.45) is -4.86. The summed E-state index contributed by atoms with van der Waals surface area (Å²) in [6, 6.07) is 10.1. The third-order valence-corrected chi connectivity index (χ3v) is 5.31. The van der Waals surface area contributed by atoms with Crippen LogP contribution in [0.3, 0.4) is 0 Å². The van der Waals surface area contributed by atoms with E-state index in [2.05, 4.69) is 10.1 Å². The lowest BCUT2D eigenvalue weighted by atomic mass is 10.1. The van der Waals surface area contributed by atoms with Crippen molar-refractivity contribution in [2.45, 2.75) is 19.6 Å². The first-order valence-electron chi connectivity index (χ1n) is 9.99. The predicted octanol–water partition coefficient (Wildman–Crippen LogP) is 4.16. The van der Waals surface area contributed by atoms with Crippen molar-refractivity contribution < 1.29 is 26.9 Å². The monoisotopic (exact) mass is 448 g/mol. The third-order valence-electron chi connectivity index (χ3n) is 5.31. The first-order valence-corrected chi connectivity index (χ1v) is 9.99. The van der Waals surface area contributed by atoms with Gasteiger partial charge in [-0.1, -0.05) is 35.0 Å². The maximum absolute atomic E-state index is 13.5. The van der Waals surface area contributed by atoms with Crippen molar-refractivity contribution in [2.24, 2.45) is 0 Å². The van der Waals surface area contributed by atoms with Crippen LogP contribution in [-0.2, 0) is 12.7 Å². The van der Waals surface area contributed by atoms with E-state index in [-0.39, 0.29) is 5.56 Å². The van der Waals surface area contributed by atoms with Crippen LogP contribution in [0, 0.1) is 12.7 Å². The molecule has 0 radical (unpaired) electrons. The van der Waals surface area contributed by atoms with Crippen LogP contribution in [0.5, 0.6) is 0 Å². The Labute approximate surface area is 181 Å². The molecule has 1 fully saturated rings. The van der Waals surface area contributed by atoms with Crippen LogP contribution in [0.4, 0.5) is 17.6 Å². The lowest BCUT2D eigenvalue weighted by molar-refractivity contribution is -0.140. The van der Waals surface area contributed by atoms with Crippen LogP contribution in [0.2, 0.25) is 0 Å². The molecule has 0 aliphatic carbocycles. The van der Waals surface area contributed by atoms with Crippen LogP contribution in [0.1, 0.15) is 27.4 Å². The van der Waals surface area contributed by atoms with Gasteiger partial charge >= 0.3 is 6.18 Å². The minimum absolute atomic E-state index is 0.188. The minimum atomic E-state index is -4.86. The summed E-state index contributed by atoms with van der Waals surface area (Å²) < 4.78 is 57.6. The molecular formula is C22H20F4N4O2. The van der Waals surface area contributed by atoms with Gasteiger partial charge in [0.2, 0.25) is 11.7 Å². The highest BCUT2D eigenvalue weighted by molar-refractivity contribution is 5.94. The van der Waals surface area contributed by atoms with Gasteiger partial charge < -0.3 is 9.42 Å². The Morgan fingerprint density at radius 3 is 2.41 bits per heavy atom. The molecule has 0 saturated carbocycles. The van der Waals surface area contributed by atoms with Crippen molar-refractivity contribution in [1.82, 2.24) is 19.9 Å².